The fraction of sp³-hybridized carbons (Fsp3) is 0.290. The maximum Gasteiger partial charge on any atom is 0.405 e. The summed E-state index contributed by atoms with van der Waals surface area (Å²) >= 11 is 0. The van der Waals surface area contributed by atoms with Crippen molar-refractivity contribution in [3.05, 3.63) is 71.3 Å². The maximum atomic E-state index is 13.3. The average Bonchev–Trinajstić information content (AvgIpc) is 3.60. The molecule has 0 atom stereocenters. The maximum absolute atomic E-state index is 13.3. The number of benzene rings is 2. The van der Waals surface area contributed by atoms with Crippen LogP contribution in [0, 0.1) is 18.3 Å². The predicted molar refractivity (Wildman–Crippen MR) is 152 cm³/mol. The van der Waals surface area contributed by atoms with Crippen molar-refractivity contribution < 1.29 is 27.2 Å². The van der Waals surface area contributed by atoms with Gasteiger partial charge in [0.1, 0.15) is 23.7 Å². The van der Waals surface area contributed by atoms with Crippen LogP contribution in [-0.4, -0.2) is 42.1 Å². The topological polar surface area (TPSA) is 120 Å². The molecule has 0 radical (unpaired) electrons. The van der Waals surface area contributed by atoms with Crippen LogP contribution in [-0.2, 0) is 0 Å². The Morgan fingerprint density at radius 2 is 1.76 bits per heavy atom. The molecule has 2 amide bonds. The number of nitriles is 1. The second-order valence-corrected chi connectivity index (χ2v) is 10.4. The number of hydrogen-bond donors (Lipinski definition) is 3. The molecule has 216 valence electrons. The van der Waals surface area contributed by atoms with E-state index in [9.17, 15) is 28.0 Å². The van der Waals surface area contributed by atoms with Crippen molar-refractivity contribution in [1.82, 2.24) is 15.6 Å². The van der Waals surface area contributed by atoms with Gasteiger partial charge in [0, 0.05) is 23.7 Å². The van der Waals surface area contributed by atoms with E-state index < -0.39 is 30.1 Å². The Balaban J connectivity index is 1.65. The molecule has 8 nitrogen and oxygen atoms in total. The first-order chi connectivity index (χ1) is 20.0. The molecule has 0 spiro atoms. The third kappa shape index (κ3) is 5.79. The van der Waals surface area contributed by atoms with Gasteiger partial charge in [-0.25, -0.2) is 0 Å². The van der Waals surface area contributed by atoms with Crippen LogP contribution in [0.4, 0.5) is 19.0 Å². The Bertz CT molecular complexity index is 1700. The molecule has 0 unspecified atom stereocenters. The van der Waals surface area contributed by atoms with Crippen molar-refractivity contribution in [3.63, 3.8) is 0 Å². The summed E-state index contributed by atoms with van der Waals surface area (Å²) in [5, 5.41) is 17.8. The molecule has 0 saturated heterocycles. The molecule has 42 heavy (non-hydrogen) atoms. The van der Waals surface area contributed by atoms with Crippen molar-refractivity contribution in [2.45, 2.75) is 44.3 Å². The largest absolute Gasteiger partial charge is 0.437 e. The summed E-state index contributed by atoms with van der Waals surface area (Å²) in [5.74, 6) is -0.827. The summed E-state index contributed by atoms with van der Waals surface area (Å²) in [6, 6.07) is 17.3. The number of pyridine rings is 1. The van der Waals surface area contributed by atoms with E-state index in [1.807, 2.05) is 19.1 Å². The highest BCUT2D eigenvalue weighted by Gasteiger charge is 2.36. The van der Waals surface area contributed by atoms with Crippen molar-refractivity contribution in [3.8, 4) is 28.5 Å². The molecule has 1 fully saturated rings. The Hall–Kier alpha value is -4.85. The molecule has 2 aromatic carbocycles. The lowest BCUT2D eigenvalue weighted by atomic mass is 9.97. The van der Waals surface area contributed by atoms with E-state index >= 15 is 0 Å². The zero-order valence-corrected chi connectivity index (χ0v) is 23.0. The van der Waals surface area contributed by atoms with Crippen LogP contribution in [0.2, 0.25) is 0 Å². The lowest BCUT2D eigenvalue weighted by molar-refractivity contribution is -0.115. The number of rotatable bonds is 7. The number of halogens is 3. The van der Waals surface area contributed by atoms with E-state index in [0.717, 1.165) is 18.4 Å². The molecular weight excluding hydrogens is 547 g/mol. The molecule has 1 aliphatic carbocycles. The summed E-state index contributed by atoms with van der Waals surface area (Å²) in [4.78, 5) is 30.6. The first-order valence-electron chi connectivity index (χ1n) is 13.4. The monoisotopic (exact) mass is 575 g/mol. The number of amides is 2. The standard InChI is InChI=1S/C31H28F3N5O3/c1-18-8-10-19(11-9-18)25-24(28(41)36-2)23-15-22(26(38-29(23)42-25)37-17-31(32,33)34)20-6-5-7-21(14-20)27(40)39-30(16-35)12-3-4-13-30/h5-11,14-15H,3-4,12-13,17H2,1-2H3,(H,36,41)(H,37,38)(H,39,40). The van der Waals surface area contributed by atoms with E-state index in [2.05, 4.69) is 27.0 Å². The molecular formula is C31H28F3N5O3. The minimum atomic E-state index is -4.54. The van der Waals surface area contributed by atoms with Gasteiger partial charge in [0.05, 0.1) is 17.0 Å². The number of carbonyl (C=O) groups excluding carboxylic acids is 2. The SMILES string of the molecule is CNC(=O)c1c(-c2ccc(C)cc2)oc2nc(NCC(F)(F)F)c(-c3cccc(C(=O)NC4(C#N)CCCC4)c3)cc12. The van der Waals surface area contributed by atoms with Crippen molar-refractivity contribution in [1.29, 1.82) is 5.26 Å². The van der Waals surface area contributed by atoms with Crippen LogP contribution >= 0.6 is 0 Å². The smallest absolute Gasteiger partial charge is 0.405 e. The zero-order chi connectivity index (χ0) is 30.1. The fourth-order valence-corrected chi connectivity index (χ4v) is 5.18. The Morgan fingerprint density at radius 1 is 1.05 bits per heavy atom. The summed E-state index contributed by atoms with van der Waals surface area (Å²) < 4.78 is 45.7. The van der Waals surface area contributed by atoms with E-state index in [-0.39, 0.29) is 34.0 Å². The van der Waals surface area contributed by atoms with Crippen LogP contribution in [0.25, 0.3) is 33.6 Å². The number of aromatic nitrogens is 1. The van der Waals surface area contributed by atoms with Crippen molar-refractivity contribution in [2.75, 3.05) is 18.9 Å². The number of anilines is 1. The number of alkyl halides is 3. The van der Waals surface area contributed by atoms with Gasteiger partial charge in [0.25, 0.3) is 11.8 Å². The fourth-order valence-electron chi connectivity index (χ4n) is 5.18. The first-order valence-corrected chi connectivity index (χ1v) is 13.4. The van der Waals surface area contributed by atoms with E-state index in [4.69, 9.17) is 4.42 Å². The van der Waals surface area contributed by atoms with Crippen LogP contribution in [0.5, 0.6) is 0 Å². The molecule has 2 aromatic heterocycles. The molecule has 4 aromatic rings. The molecule has 0 bridgehead atoms. The quantitative estimate of drug-likeness (QED) is 0.236. The van der Waals surface area contributed by atoms with Gasteiger partial charge >= 0.3 is 6.18 Å². The number of hydrogen-bond acceptors (Lipinski definition) is 6. The second-order valence-electron chi connectivity index (χ2n) is 10.4. The Kier molecular flexibility index (Phi) is 7.65. The molecule has 2 heterocycles. The van der Waals surface area contributed by atoms with Crippen LogP contribution in [0.15, 0.2) is 59.0 Å². The summed E-state index contributed by atoms with van der Waals surface area (Å²) in [7, 11) is 1.47. The van der Waals surface area contributed by atoms with Crippen LogP contribution in [0.3, 0.4) is 0 Å². The van der Waals surface area contributed by atoms with Gasteiger partial charge in [-0.2, -0.15) is 23.4 Å². The molecule has 0 aliphatic heterocycles. The number of carbonyl (C=O) groups is 2. The van der Waals surface area contributed by atoms with Gasteiger partial charge < -0.3 is 20.4 Å². The van der Waals surface area contributed by atoms with Crippen LogP contribution in [0.1, 0.15) is 52.0 Å². The summed E-state index contributed by atoms with van der Waals surface area (Å²) in [6.07, 6.45) is -1.78. The number of furan rings is 1. The molecule has 11 heteroatoms. The number of fused-ring (bicyclic) bond motifs is 1. The third-order valence-electron chi connectivity index (χ3n) is 7.37. The second kappa shape index (κ2) is 11.2. The molecule has 5 rings (SSSR count). The van der Waals surface area contributed by atoms with Gasteiger partial charge in [-0.05, 0) is 56.4 Å². The zero-order valence-electron chi connectivity index (χ0n) is 23.0. The highest BCUT2D eigenvalue weighted by molar-refractivity contribution is 6.11. The first kappa shape index (κ1) is 28.7. The lowest BCUT2D eigenvalue weighted by Crippen LogP contribution is -2.45. The summed E-state index contributed by atoms with van der Waals surface area (Å²) in [5.41, 5.74) is 1.66. The Morgan fingerprint density at radius 3 is 2.40 bits per heavy atom. The highest BCUT2D eigenvalue weighted by Crippen LogP contribution is 2.38. The summed E-state index contributed by atoms with van der Waals surface area (Å²) in [6.45, 7) is 0.550. The number of aryl methyl sites for hydroxylation is 1. The number of nitrogens with zero attached hydrogens (tertiary/aromatic N) is 2. The van der Waals surface area contributed by atoms with Gasteiger partial charge in [-0.15, -0.1) is 0 Å². The van der Waals surface area contributed by atoms with E-state index in [1.165, 1.54) is 19.2 Å². The minimum Gasteiger partial charge on any atom is -0.437 e. The minimum absolute atomic E-state index is 0.0244. The molecule has 1 aliphatic rings. The van der Waals surface area contributed by atoms with E-state index in [0.29, 0.717) is 29.4 Å². The van der Waals surface area contributed by atoms with Gasteiger partial charge in [0.15, 0.2) is 0 Å². The molecule has 3 N–H and O–H groups in total. The average molecular weight is 576 g/mol. The van der Waals surface area contributed by atoms with Crippen molar-refractivity contribution in [2.24, 2.45) is 0 Å². The van der Waals surface area contributed by atoms with Crippen molar-refractivity contribution >= 4 is 28.7 Å². The van der Waals surface area contributed by atoms with Gasteiger partial charge in [-0.3, -0.25) is 9.59 Å². The molecule has 1 saturated carbocycles. The third-order valence-corrected chi connectivity index (χ3v) is 7.37. The highest BCUT2D eigenvalue weighted by atomic mass is 19.4. The number of nitrogens with one attached hydrogen (secondary N) is 3. The van der Waals surface area contributed by atoms with Gasteiger partial charge in [0.2, 0.25) is 5.71 Å². The normalized spacial score (nSPS) is 14.4. The van der Waals surface area contributed by atoms with Gasteiger partial charge in [-0.1, -0.05) is 42.0 Å². The van der Waals surface area contributed by atoms with Crippen LogP contribution < -0.4 is 16.0 Å². The van der Waals surface area contributed by atoms with E-state index in [1.54, 1.807) is 30.3 Å². The predicted octanol–water partition coefficient (Wildman–Crippen LogP) is 6.37. The lowest BCUT2D eigenvalue weighted by Gasteiger charge is -2.22. The Labute approximate surface area is 239 Å².